The molecule has 0 aromatic heterocycles. The van der Waals surface area contributed by atoms with Gasteiger partial charge in [0, 0.05) is 12.6 Å². The second kappa shape index (κ2) is 5.34. The molecule has 1 aliphatic rings. The summed E-state index contributed by atoms with van der Waals surface area (Å²) in [4.78, 5) is 11.0. The lowest BCUT2D eigenvalue weighted by atomic mass is 9.70. The fourth-order valence-electron chi connectivity index (χ4n) is 2.27. The average Bonchev–Trinajstić information content (AvgIpc) is 2.32. The molecule has 3 N–H and O–H groups in total. The third-order valence-electron chi connectivity index (χ3n) is 3.81. The van der Waals surface area contributed by atoms with E-state index < -0.39 is 38.0 Å². The summed E-state index contributed by atoms with van der Waals surface area (Å²) in [5.41, 5.74) is -0.557. The Morgan fingerprint density at radius 3 is 2.43 bits per heavy atom. The molecule has 116 valence electrons. The number of carbonyl (C=O) groups is 1. The van der Waals surface area contributed by atoms with Crippen LogP contribution in [0.25, 0.3) is 0 Å². The molecule has 0 aliphatic heterocycles. The molecule has 0 unspecified atom stereocenters. The van der Waals surface area contributed by atoms with Crippen LogP contribution in [0.3, 0.4) is 0 Å². The maximum atomic E-state index is 13.6. The predicted octanol–water partition coefficient (Wildman–Crippen LogP) is 1.53. The van der Waals surface area contributed by atoms with Crippen molar-refractivity contribution in [3.8, 4) is 0 Å². The predicted molar refractivity (Wildman–Crippen MR) is 72.0 cm³/mol. The van der Waals surface area contributed by atoms with Crippen molar-refractivity contribution in [1.29, 1.82) is 0 Å². The highest BCUT2D eigenvalue weighted by atomic mass is 32.2. The topological polar surface area (TPSA) is 89.3 Å². The minimum Gasteiger partial charge on any atom is -0.351 e. The molecule has 1 saturated carbocycles. The van der Waals surface area contributed by atoms with Gasteiger partial charge in [-0.05, 0) is 24.3 Å². The molecule has 1 amide bonds. The first-order valence-corrected chi connectivity index (χ1v) is 7.97. The number of primary sulfonamides is 1. The highest BCUT2D eigenvalue weighted by molar-refractivity contribution is 7.89. The minimum atomic E-state index is -4.36. The molecule has 5 nitrogen and oxygen atoms in total. The van der Waals surface area contributed by atoms with Gasteiger partial charge in [-0.25, -0.2) is 22.3 Å². The van der Waals surface area contributed by atoms with Crippen LogP contribution in [0.2, 0.25) is 0 Å². The van der Waals surface area contributed by atoms with Gasteiger partial charge in [-0.15, -0.1) is 0 Å². The number of halogens is 2. The number of hydrogen-bond donors (Lipinski definition) is 2. The molecule has 0 radical (unpaired) electrons. The third-order valence-corrected chi connectivity index (χ3v) is 4.74. The molecule has 1 aromatic rings. The van der Waals surface area contributed by atoms with Crippen LogP contribution in [-0.4, -0.2) is 20.9 Å². The van der Waals surface area contributed by atoms with Gasteiger partial charge in [0.15, 0.2) is 0 Å². The van der Waals surface area contributed by atoms with Crippen molar-refractivity contribution in [2.75, 3.05) is 6.54 Å². The van der Waals surface area contributed by atoms with E-state index in [2.05, 4.69) is 5.32 Å². The molecule has 0 bridgehead atoms. The highest BCUT2D eigenvalue weighted by Gasteiger charge is 2.32. The van der Waals surface area contributed by atoms with Crippen LogP contribution in [-0.2, 0) is 10.0 Å². The summed E-state index contributed by atoms with van der Waals surface area (Å²) >= 11 is 0. The molecular formula is C13H16F2N2O3S. The van der Waals surface area contributed by atoms with E-state index in [4.69, 9.17) is 5.14 Å². The zero-order valence-electron chi connectivity index (χ0n) is 11.4. The summed E-state index contributed by atoms with van der Waals surface area (Å²) in [6.45, 7) is 2.35. The first-order valence-electron chi connectivity index (χ1n) is 6.42. The van der Waals surface area contributed by atoms with Crippen molar-refractivity contribution in [2.24, 2.45) is 10.6 Å². The number of benzene rings is 1. The number of sulfonamides is 1. The third kappa shape index (κ3) is 3.38. The second-order valence-electron chi connectivity index (χ2n) is 5.65. The van der Waals surface area contributed by atoms with E-state index in [-0.39, 0.29) is 5.41 Å². The van der Waals surface area contributed by atoms with Gasteiger partial charge in [-0.1, -0.05) is 13.3 Å². The molecule has 8 heteroatoms. The monoisotopic (exact) mass is 318 g/mol. The fourth-order valence-corrected chi connectivity index (χ4v) is 2.88. The number of carbonyl (C=O) groups excluding carboxylic acids is 1. The number of nitrogens with one attached hydrogen (secondary N) is 1. The van der Waals surface area contributed by atoms with Crippen LogP contribution in [0, 0.1) is 17.0 Å². The lowest BCUT2D eigenvalue weighted by Crippen LogP contribution is -2.40. The molecule has 1 aliphatic carbocycles. The fraction of sp³-hybridized carbons (Fsp3) is 0.462. The van der Waals surface area contributed by atoms with Gasteiger partial charge < -0.3 is 5.32 Å². The Hall–Kier alpha value is -1.54. The van der Waals surface area contributed by atoms with E-state index in [0.29, 0.717) is 18.7 Å². The van der Waals surface area contributed by atoms with Crippen LogP contribution >= 0.6 is 0 Å². The number of nitrogens with two attached hydrogens (primary N) is 1. The van der Waals surface area contributed by atoms with E-state index in [1.54, 1.807) is 0 Å². The normalized spacial score (nSPS) is 17.1. The van der Waals surface area contributed by atoms with Crippen LogP contribution in [0.1, 0.15) is 36.5 Å². The van der Waals surface area contributed by atoms with Crippen molar-refractivity contribution in [3.05, 3.63) is 29.3 Å². The van der Waals surface area contributed by atoms with E-state index in [1.165, 1.54) is 0 Å². The van der Waals surface area contributed by atoms with E-state index in [9.17, 15) is 22.0 Å². The molecule has 0 atom stereocenters. The summed E-state index contributed by atoms with van der Waals surface area (Å²) in [5.74, 6) is -3.24. The SMILES string of the molecule is CC1(CNC(=O)c2cc(S(N)(=O)=O)c(F)cc2F)CCC1. The van der Waals surface area contributed by atoms with E-state index in [0.717, 1.165) is 19.3 Å². The average molecular weight is 318 g/mol. The van der Waals surface area contributed by atoms with Gasteiger partial charge >= 0.3 is 0 Å². The smallest absolute Gasteiger partial charge is 0.254 e. The van der Waals surface area contributed by atoms with Crippen molar-refractivity contribution < 1.29 is 22.0 Å². The summed E-state index contributed by atoms with van der Waals surface area (Å²) < 4.78 is 49.4. The number of hydrogen-bond acceptors (Lipinski definition) is 3. The molecule has 0 heterocycles. The minimum absolute atomic E-state index is 0.0189. The van der Waals surface area contributed by atoms with Gasteiger partial charge in [-0.2, -0.15) is 0 Å². The zero-order valence-corrected chi connectivity index (χ0v) is 12.3. The molecule has 1 aromatic carbocycles. The summed E-state index contributed by atoms with van der Waals surface area (Å²) in [6.07, 6.45) is 3.00. The maximum Gasteiger partial charge on any atom is 0.254 e. The zero-order chi connectivity index (χ0) is 15.8. The molecule has 21 heavy (non-hydrogen) atoms. The van der Waals surface area contributed by atoms with Crippen LogP contribution < -0.4 is 10.5 Å². The Labute approximate surface area is 121 Å². The Bertz CT molecular complexity index is 685. The molecule has 0 spiro atoms. The van der Waals surface area contributed by atoms with Crippen molar-refractivity contribution in [2.45, 2.75) is 31.1 Å². The molecular weight excluding hydrogens is 302 g/mol. The van der Waals surface area contributed by atoms with Gasteiger partial charge in [0.2, 0.25) is 10.0 Å². The Morgan fingerprint density at radius 1 is 1.33 bits per heavy atom. The van der Waals surface area contributed by atoms with Crippen molar-refractivity contribution in [1.82, 2.24) is 5.32 Å². The van der Waals surface area contributed by atoms with Crippen LogP contribution in [0.4, 0.5) is 8.78 Å². The summed E-state index contributed by atoms with van der Waals surface area (Å²) in [5, 5.41) is 7.37. The highest BCUT2D eigenvalue weighted by Crippen LogP contribution is 2.39. The maximum absolute atomic E-state index is 13.6. The Balaban J connectivity index is 2.24. The molecule has 2 rings (SSSR count). The Kier molecular flexibility index (Phi) is 4.03. The van der Waals surface area contributed by atoms with Crippen molar-refractivity contribution in [3.63, 3.8) is 0 Å². The van der Waals surface area contributed by atoms with E-state index >= 15 is 0 Å². The first kappa shape index (κ1) is 15.8. The van der Waals surface area contributed by atoms with E-state index in [1.807, 2.05) is 6.92 Å². The van der Waals surface area contributed by atoms with Gasteiger partial charge in [0.05, 0.1) is 5.56 Å². The largest absolute Gasteiger partial charge is 0.351 e. The summed E-state index contributed by atoms with van der Waals surface area (Å²) in [6, 6.07) is 0.970. The lowest BCUT2D eigenvalue weighted by molar-refractivity contribution is 0.0886. The number of rotatable bonds is 4. The van der Waals surface area contributed by atoms with Gasteiger partial charge in [0.1, 0.15) is 16.5 Å². The van der Waals surface area contributed by atoms with Crippen LogP contribution in [0.15, 0.2) is 17.0 Å². The lowest BCUT2D eigenvalue weighted by Gasteiger charge is -2.38. The quantitative estimate of drug-likeness (QED) is 0.882. The molecule has 0 saturated heterocycles. The van der Waals surface area contributed by atoms with Crippen LogP contribution in [0.5, 0.6) is 0 Å². The van der Waals surface area contributed by atoms with Gasteiger partial charge in [0.25, 0.3) is 5.91 Å². The first-order chi connectivity index (χ1) is 9.62. The molecule has 1 fully saturated rings. The Morgan fingerprint density at radius 2 is 1.95 bits per heavy atom. The summed E-state index contributed by atoms with van der Waals surface area (Å²) in [7, 11) is -4.36. The second-order valence-corrected chi connectivity index (χ2v) is 7.18. The van der Waals surface area contributed by atoms with Gasteiger partial charge in [-0.3, -0.25) is 4.79 Å². The standard InChI is InChI=1S/C13H16F2N2O3S/c1-13(3-2-4-13)7-17-12(18)8-5-11(21(16,19)20)10(15)6-9(8)14/h5-6H,2-4,7H2,1H3,(H,17,18)(H2,16,19,20). The number of amides is 1. The van der Waals surface area contributed by atoms with Crippen molar-refractivity contribution >= 4 is 15.9 Å².